The molecular formula is C11H13ClN2. The topological polar surface area (TPSA) is 24.4 Å². The van der Waals surface area contributed by atoms with Gasteiger partial charge in [0, 0.05) is 19.2 Å². The van der Waals surface area contributed by atoms with E-state index in [-0.39, 0.29) is 12.4 Å². The van der Waals surface area contributed by atoms with E-state index < -0.39 is 0 Å². The van der Waals surface area contributed by atoms with Gasteiger partial charge in [-0.3, -0.25) is 0 Å². The van der Waals surface area contributed by atoms with Gasteiger partial charge >= 0.3 is 0 Å². The molecule has 0 spiro atoms. The second-order valence-electron chi connectivity index (χ2n) is 2.98. The summed E-state index contributed by atoms with van der Waals surface area (Å²) in [4.78, 5) is 4.18. The number of nitrogens with zero attached hydrogens (tertiary/aromatic N) is 1. The van der Waals surface area contributed by atoms with Crippen LogP contribution in [0.3, 0.4) is 0 Å². The SMILES string of the molecule is C1=NC(NCc2ccccc2)=CC1.Cl. The number of hydrogen-bond donors (Lipinski definition) is 1. The van der Waals surface area contributed by atoms with Crippen LogP contribution in [0.2, 0.25) is 0 Å². The van der Waals surface area contributed by atoms with Crippen molar-refractivity contribution in [2.24, 2.45) is 4.99 Å². The Labute approximate surface area is 90.2 Å². The molecule has 0 radical (unpaired) electrons. The highest BCUT2D eigenvalue weighted by atomic mass is 35.5. The minimum absolute atomic E-state index is 0. The van der Waals surface area contributed by atoms with Crippen molar-refractivity contribution < 1.29 is 0 Å². The first-order valence-electron chi connectivity index (χ1n) is 4.45. The van der Waals surface area contributed by atoms with Gasteiger partial charge in [-0.15, -0.1) is 12.4 Å². The van der Waals surface area contributed by atoms with E-state index in [1.54, 1.807) is 0 Å². The van der Waals surface area contributed by atoms with Crippen molar-refractivity contribution in [2.45, 2.75) is 13.0 Å². The summed E-state index contributed by atoms with van der Waals surface area (Å²) in [5, 5.41) is 3.26. The molecule has 0 saturated heterocycles. The van der Waals surface area contributed by atoms with Crippen molar-refractivity contribution in [2.75, 3.05) is 0 Å². The second kappa shape index (κ2) is 5.45. The van der Waals surface area contributed by atoms with Crippen molar-refractivity contribution in [3.63, 3.8) is 0 Å². The molecule has 3 heteroatoms. The van der Waals surface area contributed by atoms with Crippen LogP contribution >= 0.6 is 12.4 Å². The van der Waals surface area contributed by atoms with Gasteiger partial charge in [-0.05, 0) is 11.6 Å². The summed E-state index contributed by atoms with van der Waals surface area (Å²) in [6, 6.07) is 10.3. The van der Waals surface area contributed by atoms with Crippen molar-refractivity contribution >= 4 is 18.6 Å². The number of aliphatic imine (C=N–C) groups is 1. The largest absolute Gasteiger partial charge is 0.366 e. The number of allylic oxidation sites excluding steroid dienone is 1. The van der Waals surface area contributed by atoms with E-state index in [2.05, 4.69) is 28.5 Å². The molecule has 0 fully saturated rings. The summed E-state index contributed by atoms with van der Waals surface area (Å²) in [5.74, 6) is 0.990. The molecule has 0 saturated carbocycles. The van der Waals surface area contributed by atoms with Gasteiger partial charge in [0.25, 0.3) is 0 Å². The summed E-state index contributed by atoms with van der Waals surface area (Å²) in [7, 11) is 0. The molecule has 1 N–H and O–H groups in total. The molecule has 1 aromatic rings. The Morgan fingerprint density at radius 3 is 2.64 bits per heavy atom. The van der Waals surface area contributed by atoms with Crippen LogP contribution in [-0.2, 0) is 6.54 Å². The molecule has 1 aromatic carbocycles. The predicted molar refractivity (Wildman–Crippen MR) is 61.7 cm³/mol. The Morgan fingerprint density at radius 1 is 1.21 bits per heavy atom. The Balaban J connectivity index is 0.000000980. The molecule has 0 atom stereocenters. The minimum Gasteiger partial charge on any atom is -0.366 e. The van der Waals surface area contributed by atoms with Gasteiger partial charge in [-0.1, -0.05) is 30.3 Å². The Morgan fingerprint density at radius 2 is 2.00 bits per heavy atom. The van der Waals surface area contributed by atoms with E-state index in [0.717, 1.165) is 18.8 Å². The molecule has 1 aliphatic heterocycles. The lowest BCUT2D eigenvalue weighted by atomic mass is 10.2. The highest BCUT2D eigenvalue weighted by Crippen LogP contribution is 2.03. The first-order chi connectivity index (χ1) is 6.45. The van der Waals surface area contributed by atoms with E-state index in [4.69, 9.17) is 0 Å². The minimum atomic E-state index is 0. The van der Waals surface area contributed by atoms with Gasteiger partial charge in [-0.2, -0.15) is 0 Å². The predicted octanol–water partition coefficient (Wildman–Crippen LogP) is 2.51. The molecule has 74 valence electrons. The zero-order valence-electron chi connectivity index (χ0n) is 7.81. The average Bonchev–Trinajstić information content (AvgIpc) is 2.69. The van der Waals surface area contributed by atoms with Crippen LogP contribution in [0, 0.1) is 0 Å². The third-order valence-corrected chi connectivity index (χ3v) is 1.96. The normalized spacial score (nSPS) is 13.3. The Hall–Kier alpha value is -1.28. The highest BCUT2D eigenvalue weighted by molar-refractivity contribution is 5.85. The first-order valence-corrected chi connectivity index (χ1v) is 4.45. The summed E-state index contributed by atoms with van der Waals surface area (Å²) in [5.41, 5.74) is 1.28. The van der Waals surface area contributed by atoms with Crippen LogP contribution in [0.15, 0.2) is 47.2 Å². The maximum absolute atomic E-state index is 4.18. The quantitative estimate of drug-likeness (QED) is 0.811. The lowest BCUT2D eigenvalue weighted by Gasteiger charge is -2.03. The summed E-state index contributed by atoms with van der Waals surface area (Å²) < 4.78 is 0. The van der Waals surface area contributed by atoms with Gasteiger partial charge in [0.05, 0.1) is 0 Å². The lowest BCUT2D eigenvalue weighted by Crippen LogP contribution is -2.09. The Kier molecular flexibility index (Phi) is 4.20. The molecule has 14 heavy (non-hydrogen) atoms. The highest BCUT2D eigenvalue weighted by Gasteiger charge is 1.97. The van der Waals surface area contributed by atoms with Gasteiger partial charge in [0.2, 0.25) is 0 Å². The Bertz CT molecular complexity index is 330. The smallest absolute Gasteiger partial charge is 0.122 e. The molecule has 0 bridgehead atoms. The van der Waals surface area contributed by atoms with E-state index in [0.29, 0.717) is 0 Å². The van der Waals surface area contributed by atoms with Crippen LogP contribution in [0.4, 0.5) is 0 Å². The third-order valence-electron chi connectivity index (χ3n) is 1.96. The number of benzene rings is 1. The van der Waals surface area contributed by atoms with Crippen LogP contribution in [0.1, 0.15) is 12.0 Å². The summed E-state index contributed by atoms with van der Waals surface area (Å²) in [6.07, 6.45) is 4.95. The molecule has 1 aliphatic rings. The van der Waals surface area contributed by atoms with Gasteiger partial charge in [-0.25, -0.2) is 4.99 Å². The van der Waals surface area contributed by atoms with E-state index >= 15 is 0 Å². The van der Waals surface area contributed by atoms with Crippen LogP contribution in [0.25, 0.3) is 0 Å². The zero-order chi connectivity index (χ0) is 8.93. The maximum Gasteiger partial charge on any atom is 0.122 e. The van der Waals surface area contributed by atoms with Crippen molar-refractivity contribution in [3.8, 4) is 0 Å². The first kappa shape index (κ1) is 10.8. The fourth-order valence-electron chi connectivity index (χ4n) is 1.27. The lowest BCUT2D eigenvalue weighted by molar-refractivity contribution is 0.804. The van der Waals surface area contributed by atoms with E-state index in [1.165, 1.54) is 5.56 Å². The zero-order valence-corrected chi connectivity index (χ0v) is 8.63. The third kappa shape index (κ3) is 2.89. The molecule has 0 aromatic heterocycles. The molecule has 0 unspecified atom stereocenters. The van der Waals surface area contributed by atoms with Crippen LogP contribution in [-0.4, -0.2) is 6.21 Å². The average molecular weight is 209 g/mol. The van der Waals surface area contributed by atoms with Gasteiger partial charge < -0.3 is 5.32 Å². The standard InChI is InChI=1S/C11H12N2.ClH/c1-2-5-10(6-3-1)9-13-11-7-4-8-12-11;/h1-3,5-8,13H,4,9H2;1H. The van der Waals surface area contributed by atoms with Crippen LogP contribution in [0.5, 0.6) is 0 Å². The fourth-order valence-corrected chi connectivity index (χ4v) is 1.27. The number of hydrogen-bond acceptors (Lipinski definition) is 2. The second-order valence-corrected chi connectivity index (χ2v) is 2.98. The van der Waals surface area contributed by atoms with Crippen LogP contribution < -0.4 is 5.32 Å². The molecule has 1 heterocycles. The molecule has 0 amide bonds. The number of rotatable bonds is 3. The number of halogens is 1. The maximum atomic E-state index is 4.18. The summed E-state index contributed by atoms with van der Waals surface area (Å²) in [6.45, 7) is 0.851. The van der Waals surface area contributed by atoms with Gasteiger partial charge in [0.15, 0.2) is 0 Å². The van der Waals surface area contributed by atoms with Crippen molar-refractivity contribution in [1.29, 1.82) is 0 Å². The van der Waals surface area contributed by atoms with E-state index in [9.17, 15) is 0 Å². The number of nitrogens with one attached hydrogen (secondary N) is 1. The molecule has 2 rings (SSSR count). The van der Waals surface area contributed by atoms with Crippen molar-refractivity contribution in [1.82, 2.24) is 5.32 Å². The van der Waals surface area contributed by atoms with Crippen molar-refractivity contribution in [3.05, 3.63) is 47.8 Å². The summed E-state index contributed by atoms with van der Waals surface area (Å²) >= 11 is 0. The fraction of sp³-hybridized carbons (Fsp3) is 0.182. The van der Waals surface area contributed by atoms with E-state index in [1.807, 2.05) is 24.4 Å². The van der Waals surface area contributed by atoms with Gasteiger partial charge in [0.1, 0.15) is 5.82 Å². The molecule has 2 nitrogen and oxygen atoms in total. The molecular weight excluding hydrogens is 196 g/mol. The monoisotopic (exact) mass is 208 g/mol. The molecule has 0 aliphatic carbocycles.